The molecular weight excluding hydrogens is 266 g/mol. The number of piperazine rings is 1. The second-order valence-electron chi connectivity index (χ2n) is 5.45. The molecule has 1 atom stereocenters. The van der Waals surface area contributed by atoms with E-state index in [-0.39, 0.29) is 5.91 Å². The quantitative estimate of drug-likeness (QED) is 0.860. The van der Waals surface area contributed by atoms with Crippen LogP contribution in [0.2, 0.25) is 0 Å². The van der Waals surface area contributed by atoms with Gasteiger partial charge in [-0.3, -0.25) is 9.69 Å². The van der Waals surface area contributed by atoms with Crippen molar-refractivity contribution in [3.05, 3.63) is 23.8 Å². The SMILES string of the molecule is CCOc1cccc(N)c1C(=O)N1CCN(C)C(CC)C1. The topological polar surface area (TPSA) is 58.8 Å². The van der Waals surface area contributed by atoms with E-state index in [0.29, 0.717) is 29.6 Å². The maximum absolute atomic E-state index is 12.8. The molecule has 0 bridgehead atoms. The number of anilines is 1. The Labute approximate surface area is 126 Å². The zero-order chi connectivity index (χ0) is 15.4. The number of ether oxygens (including phenoxy) is 1. The van der Waals surface area contributed by atoms with Gasteiger partial charge < -0.3 is 15.4 Å². The van der Waals surface area contributed by atoms with Crippen LogP contribution in [0.1, 0.15) is 30.6 Å². The first-order valence-electron chi connectivity index (χ1n) is 7.59. The van der Waals surface area contributed by atoms with Crippen molar-refractivity contribution in [3.8, 4) is 5.75 Å². The second-order valence-corrected chi connectivity index (χ2v) is 5.45. The van der Waals surface area contributed by atoms with Crippen LogP contribution in [0.5, 0.6) is 5.75 Å². The number of amides is 1. The first-order chi connectivity index (χ1) is 10.1. The highest BCUT2D eigenvalue weighted by atomic mass is 16.5. The molecule has 116 valence electrons. The van der Waals surface area contributed by atoms with Crippen LogP contribution in [-0.2, 0) is 0 Å². The molecule has 5 nitrogen and oxygen atoms in total. The summed E-state index contributed by atoms with van der Waals surface area (Å²) in [5.41, 5.74) is 7.00. The predicted molar refractivity (Wildman–Crippen MR) is 84.6 cm³/mol. The smallest absolute Gasteiger partial charge is 0.259 e. The summed E-state index contributed by atoms with van der Waals surface area (Å²) < 4.78 is 5.57. The van der Waals surface area contributed by atoms with Crippen LogP contribution in [-0.4, -0.2) is 55.0 Å². The van der Waals surface area contributed by atoms with Gasteiger partial charge in [0.25, 0.3) is 5.91 Å². The number of likely N-dealkylation sites (N-methyl/N-ethyl adjacent to an activating group) is 1. The van der Waals surface area contributed by atoms with Gasteiger partial charge in [-0.15, -0.1) is 0 Å². The highest BCUT2D eigenvalue weighted by molar-refractivity contribution is 6.02. The van der Waals surface area contributed by atoms with Crippen LogP contribution in [0.4, 0.5) is 5.69 Å². The van der Waals surface area contributed by atoms with Gasteiger partial charge >= 0.3 is 0 Å². The molecule has 0 radical (unpaired) electrons. The summed E-state index contributed by atoms with van der Waals surface area (Å²) in [6.07, 6.45) is 1.03. The molecule has 1 saturated heterocycles. The fraction of sp³-hybridized carbons (Fsp3) is 0.562. The van der Waals surface area contributed by atoms with Crippen LogP contribution in [0.25, 0.3) is 0 Å². The Kier molecular flexibility index (Phi) is 5.07. The summed E-state index contributed by atoms with van der Waals surface area (Å²) in [5, 5.41) is 0. The van der Waals surface area contributed by atoms with Gasteiger partial charge in [0.15, 0.2) is 0 Å². The van der Waals surface area contributed by atoms with Crippen LogP contribution in [0, 0.1) is 0 Å². The summed E-state index contributed by atoms with van der Waals surface area (Å²) in [6.45, 7) is 6.93. The lowest BCUT2D eigenvalue weighted by atomic mass is 10.1. The summed E-state index contributed by atoms with van der Waals surface area (Å²) in [6, 6.07) is 5.78. The van der Waals surface area contributed by atoms with Gasteiger partial charge in [0.05, 0.1) is 6.61 Å². The fourth-order valence-electron chi connectivity index (χ4n) is 2.78. The van der Waals surface area contributed by atoms with E-state index in [1.54, 1.807) is 12.1 Å². The lowest BCUT2D eigenvalue weighted by molar-refractivity contribution is 0.0539. The van der Waals surface area contributed by atoms with Gasteiger partial charge in [-0.25, -0.2) is 0 Å². The van der Waals surface area contributed by atoms with Gasteiger partial charge in [0.1, 0.15) is 11.3 Å². The minimum atomic E-state index is -0.0249. The molecule has 1 aromatic rings. The van der Waals surface area contributed by atoms with Crippen molar-refractivity contribution < 1.29 is 9.53 Å². The van der Waals surface area contributed by atoms with E-state index >= 15 is 0 Å². The molecule has 2 rings (SSSR count). The number of carbonyl (C=O) groups is 1. The predicted octanol–water partition coefficient (Wildman–Crippen LogP) is 1.83. The van der Waals surface area contributed by atoms with Crippen molar-refractivity contribution >= 4 is 11.6 Å². The number of nitrogens with zero attached hydrogens (tertiary/aromatic N) is 2. The zero-order valence-electron chi connectivity index (χ0n) is 13.1. The van der Waals surface area contributed by atoms with Gasteiger partial charge in [-0.2, -0.15) is 0 Å². The van der Waals surface area contributed by atoms with E-state index in [0.717, 1.165) is 26.1 Å². The molecule has 5 heteroatoms. The molecule has 0 saturated carbocycles. The summed E-state index contributed by atoms with van der Waals surface area (Å²) in [4.78, 5) is 17.0. The Morgan fingerprint density at radius 1 is 1.38 bits per heavy atom. The molecule has 1 aliphatic heterocycles. The zero-order valence-corrected chi connectivity index (χ0v) is 13.1. The highest BCUT2D eigenvalue weighted by Gasteiger charge is 2.29. The van der Waals surface area contributed by atoms with Crippen molar-refractivity contribution in [1.29, 1.82) is 0 Å². The molecule has 1 unspecified atom stereocenters. The average molecular weight is 291 g/mol. The van der Waals surface area contributed by atoms with Crippen molar-refractivity contribution in [2.24, 2.45) is 0 Å². The second kappa shape index (κ2) is 6.80. The minimum Gasteiger partial charge on any atom is -0.493 e. The van der Waals surface area contributed by atoms with E-state index < -0.39 is 0 Å². The molecule has 2 N–H and O–H groups in total. The fourth-order valence-corrected chi connectivity index (χ4v) is 2.78. The Balaban J connectivity index is 2.24. The number of nitrogen functional groups attached to an aromatic ring is 1. The number of nitrogens with two attached hydrogens (primary N) is 1. The van der Waals surface area contributed by atoms with E-state index in [1.807, 2.05) is 17.9 Å². The normalized spacial score (nSPS) is 19.6. The van der Waals surface area contributed by atoms with Crippen LogP contribution >= 0.6 is 0 Å². The minimum absolute atomic E-state index is 0.0249. The molecule has 1 heterocycles. The van der Waals surface area contributed by atoms with Crippen LogP contribution in [0.15, 0.2) is 18.2 Å². The summed E-state index contributed by atoms with van der Waals surface area (Å²) in [7, 11) is 2.11. The van der Waals surface area contributed by atoms with Gasteiger partial charge in [0.2, 0.25) is 0 Å². The van der Waals surface area contributed by atoms with Crippen LogP contribution < -0.4 is 10.5 Å². The van der Waals surface area contributed by atoms with Crippen molar-refractivity contribution in [2.45, 2.75) is 26.3 Å². The number of hydrogen-bond donors (Lipinski definition) is 1. The van der Waals surface area contributed by atoms with E-state index in [9.17, 15) is 4.79 Å². The molecule has 1 aliphatic rings. The van der Waals surface area contributed by atoms with E-state index in [4.69, 9.17) is 10.5 Å². The Morgan fingerprint density at radius 3 is 2.81 bits per heavy atom. The molecule has 1 aromatic carbocycles. The Morgan fingerprint density at radius 2 is 2.14 bits per heavy atom. The standard InChI is InChI=1S/C16H25N3O2/c1-4-12-11-19(10-9-18(12)3)16(20)15-13(17)7-6-8-14(15)21-5-2/h6-8,12H,4-5,9-11,17H2,1-3H3. The highest BCUT2D eigenvalue weighted by Crippen LogP contribution is 2.27. The van der Waals surface area contributed by atoms with E-state index in [2.05, 4.69) is 18.9 Å². The average Bonchev–Trinajstić information content (AvgIpc) is 2.47. The molecule has 0 aromatic heterocycles. The van der Waals surface area contributed by atoms with Crippen molar-refractivity contribution in [1.82, 2.24) is 9.80 Å². The number of benzene rings is 1. The third kappa shape index (κ3) is 3.29. The van der Waals surface area contributed by atoms with E-state index in [1.165, 1.54) is 0 Å². The first kappa shape index (κ1) is 15.6. The number of rotatable bonds is 4. The summed E-state index contributed by atoms with van der Waals surface area (Å²) in [5.74, 6) is 0.553. The Hall–Kier alpha value is -1.75. The molecule has 0 aliphatic carbocycles. The number of carbonyl (C=O) groups excluding carboxylic acids is 1. The first-order valence-corrected chi connectivity index (χ1v) is 7.59. The lowest BCUT2D eigenvalue weighted by Crippen LogP contribution is -2.53. The molecule has 0 spiro atoms. The van der Waals surface area contributed by atoms with Gasteiger partial charge in [-0.05, 0) is 32.5 Å². The molecule has 21 heavy (non-hydrogen) atoms. The van der Waals surface area contributed by atoms with Crippen LogP contribution in [0.3, 0.4) is 0 Å². The van der Waals surface area contributed by atoms with Gasteiger partial charge in [-0.1, -0.05) is 13.0 Å². The third-order valence-electron chi connectivity index (χ3n) is 4.11. The largest absolute Gasteiger partial charge is 0.493 e. The maximum atomic E-state index is 12.8. The molecule has 1 amide bonds. The molecular formula is C16H25N3O2. The van der Waals surface area contributed by atoms with Crippen molar-refractivity contribution in [3.63, 3.8) is 0 Å². The van der Waals surface area contributed by atoms with Crippen molar-refractivity contribution in [2.75, 3.05) is 39.0 Å². The lowest BCUT2D eigenvalue weighted by Gasteiger charge is -2.39. The third-order valence-corrected chi connectivity index (χ3v) is 4.11. The summed E-state index contributed by atoms with van der Waals surface area (Å²) >= 11 is 0. The Bertz CT molecular complexity index is 504. The number of hydrogen-bond acceptors (Lipinski definition) is 4. The monoisotopic (exact) mass is 291 g/mol. The van der Waals surface area contributed by atoms with Gasteiger partial charge in [0, 0.05) is 31.4 Å². The molecule has 1 fully saturated rings. The maximum Gasteiger partial charge on any atom is 0.259 e.